The number of aliphatic hydroxyl groups is 1. The zero-order valence-electron chi connectivity index (χ0n) is 9.82. The Kier molecular flexibility index (Phi) is 6.68. The molecule has 0 bridgehead atoms. The first-order valence-electron chi connectivity index (χ1n) is 6.12. The van der Waals surface area contributed by atoms with Crippen molar-refractivity contribution in [3.63, 3.8) is 0 Å². The molecule has 0 aromatic carbocycles. The minimum absolute atomic E-state index is 0.293. The summed E-state index contributed by atoms with van der Waals surface area (Å²) >= 11 is 4.99. The molecule has 1 aliphatic rings. The number of aliphatic hydroxyl groups excluding tert-OH is 1. The number of hydrogen-bond donors (Lipinski definition) is 3. The van der Waals surface area contributed by atoms with Crippen LogP contribution in [0, 0.1) is 0 Å². The first-order chi connectivity index (χ1) is 7.74. The maximum Gasteiger partial charge on any atom is 0.166 e. The molecule has 0 spiro atoms. The van der Waals surface area contributed by atoms with Crippen LogP contribution < -0.4 is 11.1 Å². The van der Waals surface area contributed by atoms with Gasteiger partial charge in [0.1, 0.15) is 0 Å². The predicted molar refractivity (Wildman–Crippen MR) is 70.3 cm³/mol. The molecule has 0 amide bonds. The summed E-state index contributed by atoms with van der Waals surface area (Å²) in [5, 5.41) is 12.7. The average Bonchev–Trinajstić information content (AvgIpc) is 2.50. The summed E-state index contributed by atoms with van der Waals surface area (Å²) in [4.78, 5) is 2.09. The van der Waals surface area contributed by atoms with Gasteiger partial charge in [0.25, 0.3) is 0 Å². The van der Waals surface area contributed by atoms with Crippen molar-refractivity contribution in [2.75, 3.05) is 26.2 Å². The van der Waals surface area contributed by atoms with Crippen LogP contribution in [0.4, 0.5) is 0 Å². The lowest BCUT2D eigenvalue weighted by molar-refractivity contribution is 0.282. The molecule has 5 heteroatoms. The van der Waals surface area contributed by atoms with E-state index in [1.54, 1.807) is 0 Å². The van der Waals surface area contributed by atoms with Crippen molar-refractivity contribution in [3.8, 4) is 0 Å². The molecule has 4 N–H and O–H groups in total. The molecule has 16 heavy (non-hydrogen) atoms. The number of likely N-dealkylation sites (tertiary alicyclic amines) is 1. The monoisotopic (exact) mass is 245 g/mol. The first kappa shape index (κ1) is 13.7. The van der Waals surface area contributed by atoms with Gasteiger partial charge in [-0.2, -0.15) is 0 Å². The van der Waals surface area contributed by atoms with E-state index in [0.717, 1.165) is 45.3 Å². The Hall–Kier alpha value is -0.390. The van der Waals surface area contributed by atoms with Crippen LogP contribution in [0.15, 0.2) is 0 Å². The normalized spacial score (nSPS) is 21.8. The highest BCUT2D eigenvalue weighted by molar-refractivity contribution is 7.80. The molecule has 1 atom stereocenters. The van der Waals surface area contributed by atoms with E-state index >= 15 is 0 Å². The van der Waals surface area contributed by atoms with E-state index in [0.29, 0.717) is 17.8 Å². The number of rotatable bonds is 5. The van der Waals surface area contributed by atoms with Gasteiger partial charge < -0.3 is 21.1 Å². The fraction of sp³-hybridized carbons (Fsp3) is 0.909. The minimum atomic E-state index is 0.293. The standard InChI is InChI=1S/C11H23N3OS/c12-11(16)14-7-3-4-10(5-8-14)13-6-1-2-9-15/h10,13,15H,1-9H2,(H2,12,16). The molecule has 1 fully saturated rings. The Morgan fingerprint density at radius 2 is 2.19 bits per heavy atom. The molecule has 0 saturated carbocycles. The molecular weight excluding hydrogens is 222 g/mol. The summed E-state index contributed by atoms with van der Waals surface area (Å²) in [7, 11) is 0. The third-order valence-corrected chi connectivity index (χ3v) is 3.32. The van der Waals surface area contributed by atoms with Crippen LogP contribution in [0.2, 0.25) is 0 Å². The number of unbranched alkanes of at least 4 members (excludes halogenated alkanes) is 1. The SMILES string of the molecule is NC(=S)N1CCCC(NCCCCO)CC1. The van der Waals surface area contributed by atoms with Gasteiger partial charge in [0.2, 0.25) is 0 Å². The van der Waals surface area contributed by atoms with Gasteiger partial charge in [-0.1, -0.05) is 0 Å². The molecule has 1 heterocycles. The van der Waals surface area contributed by atoms with Crippen molar-refractivity contribution >= 4 is 17.3 Å². The third-order valence-electron chi connectivity index (χ3n) is 3.06. The summed E-state index contributed by atoms with van der Waals surface area (Å²) in [5.41, 5.74) is 5.63. The highest BCUT2D eigenvalue weighted by atomic mass is 32.1. The molecule has 0 radical (unpaired) electrons. The number of nitrogens with zero attached hydrogens (tertiary/aromatic N) is 1. The molecule has 0 aromatic heterocycles. The second kappa shape index (κ2) is 7.81. The van der Waals surface area contributed by atoms with Crippen molar-refractivity contribution < 1.29 is 5.11 Å². The van der Waals surface area contributed by atoms with Crippen LogP contribution in [0.3, 0.4) is 0 Å². The molecule has 94 valence electrons. The van der Waals surface area contributed by atoms with E-state index in [9.17, 15) is 0 Å². The lowest BCUT2D eigenvalue weighted by atomic mass is 10.1. The summed E-state index contributed by atoms with van der Waals surface area (Å²) in [6, 6.07) is 0.582. The molecule has 0 aliphatic carbocycles. The Bertz CT molecular complexity index is 213. The van der Waals surface area contributed by atoms with Crippen molar-refractivity contribution in [1.29, 1.82) is 0 Å². The van der Waals surface area contributed by atoms with Crippen molar-refractivity contribution in [2.45, 2.75) is 38.1 Å². The summed E-state index contributed by atoms with van der Waals surface area (Å²) in [5.74, 6) is 0. The van der Waals surface area contributed by atoms with Crippen LogP contribution >= 0.6 is 12.2 Å². The summed E-state index contributed by atoms with van der Waals surface area (Å²) < 4.78 is 0. The van der Waals surface area contributed by atoms with Crippen LogP contribution in [0.1, 0.15) is 32.1 Å². The number of nitrogens with one attached hydrogen (secondary N) is 1. The van der Waals surface area contributed by atoms with Crippen LogP contribution in [-0.4, -0.2) is 47.4 Å². The second-order valence-electron chi connectivity index (χ2n) is 4.34. The first-order valence-corrected chi connectivity index (χ1v) is 6.53. The molecule has 1 aliphatic heterocycles. The van der Waals surface area contributed by atoms with Gasteiger partial charge in [0.05, 0.1) is 0 Å². The highest BCUT2D eigenvalue weighted by Gasteiger charge is 2.16. The predicted octanol–water partition coefficient (Wildman–Crippen LogP) is 0.447. The highest BCUT2D eigenvalue weighted by Crippen LogP contribution is 2.10. The molecule has 1 rings (SSSR count). The Balaban J connectivity index is 2.17. The Morgan fingerprint density at radius 3 is 2.88 bits per heavy atom. The van der Waals surface area contributed by atoms with Crippen LogP contribution in [0.25, 0.3) is 0 Å². The quantitative estimate of drug-likeness (QED) is 0.485. The second-order valence-corrected chi connectivity index (χ2v) is 4.76. The molecular formula is C11H23N3OS. The van der Waals surface area contributed by atoms with Gasteiger partial charge in [0.15, 0.2) is 5.11 Å². The minimum Gasteiger partial charge on any atom is -0.396 e. The lowest BCUT2D eigenvalue weighted by Crippen LogP contribution is -2.37. The van der Waals surface area contributed by atoms with Crippen molar-refractivity contribution in [1.82, 2.24) is 10.2 Å². The van der Waals surface area contributed by atoms with Gasteiger partial charge in [-0.25, -0.2) is 0 Å². The zero-order valence-corrected chi connectivity index (χ0v) is 10.6. The van der Waals surface area contributed by atoms with Gasteiger partial charge in [-0.3, -0.25) is 0 Å². The molecule has 0 aromatic rings. The maximum atomic E-state index is 8.68. The van der Waals surface area contributed by atoms with Gasteiger partial charge in [-0.15, -0.1) is 0 Å². The molecule has 1 saturated heterocycles. The van der Waals surface area contributed by atoms with Crippen molar-refractivity contribution in [2.24, 2.45) is 5.73 Å². The van der Waals surface area contributed by atoms with Crippen LogP contribution in [0.5, 0.6) is 0 Å². The van der Waals surface area contributed by atoms with Crippen molar-refractivity contribution in [3.05, 3.63) is 0 Å². The Morgan fingerprint density at radius 1 is 1.38 bits per heavy atom. The molecule has 4 nitrogen and oxygen atoms in total. The smallest absolute Gasteiger partial charge is 0.166 e. The molecule has 1 unspecified atom stereocenters. The average molecular weight is 245 g/mol. The van der Waals surface area contributed by atoms with Gasteiger partial charge in [0, 0.05) is 25.7 Å². The Labute approximate surface area is 103 Å². The lowest BCUT2D eigenvalue weighted by Gasteiger charge is -2.20. The third kappa shape index (κ3) is 5.09. The fourth-order valence-corrected chi connectivity index (χ4v) is 2.25. The zero-order chi connectivity index (χ0) is 11.8. The summed E-state index contributed by atoms with van der Waals surface area (Å²) in [6.07, 6.45) is 5.38. The number of nitrogens with two attached hydrogens (primary N) is 1. The van der Waals surface area contributed by atoms with E-state index in [-0.39, 0.29) is 0 Å². The topological polar surface area (TPSA) is 61.5 Å². The van der Waals surface area contributed by atoms with E-state index < -0.39 is 0 Å². The van der Waals surface area contributed by atoms with Crippen LogP contribution in [-0.2, 0) is 0 Å². The van der Waals surface area contributed by atoms with Gasteiger partial charge >= 0.3 is 0 Å². The summed E-state index contributed by atoms with van der Waals surface area (Å²) in [6.45, 7) is 3.25. The van der Waals surface area contributed by atoms with E-state index in [1.807, 2.05) is 0 Å². The largest absolute Gasteiger partial charge is 0.396 e. The number of hydrogen-bond acceptors (Lipinski definition) is 3. The van der Waals surface area contributed by atoms with Gasteiger partial charge in [-0.05, 0) is 50.9 Å². The fourth-order valence-electron chi connectivity index (χ4n) is 2.06. The van der Waals surface area contributed by atoms with E-state index in [1.165, 1.54) is 6.42 Å². The van der Waals surface area contributed by atoms with E-state index in [4.69, 9.17) is 23.1 Å². The maximum absolute atomic E-state index is 8.68. The van der Waals surface area contributed by atoms with E-state index in [2.05, 4.69) is 10.2 Å². The number of thiocarbonyl (C=S) groups is 1.